The van der Waals surface area contributed by atoms with Crippen LogP contribution in [0.15, 0.2) is 0 Å². The molecule has 1 unspecified atom stereocenters. The van der Waals surface area contributed by atoms with Crippen molar-refractivity contribution in [3.63, 3.8) is 0 Å². The van der Waals surface area contributed by atoms with Crippen molar-refractivity contribution < 1.29 is 14.7 Å². The third-order valence-corrected chi connectivity index (χ3v) is 3.87. The van der Waals surface area contributed by atoms with Crippen LogP contribution in [0, 0.1) is 5.92 Å². The summed E-state index contributed by atoms with van der Waals surface area (Å²) in [6, 6.07) is 0. The molecule has 6 nitrogen and oxygen atoms in total. The topological polar surface area (TPSA) is 72.9 Å². The van der Waals surface area contributed by atoms with Crippen LogP contribution in [-0.4, -0.2) is 72.6 Å². The Bertz CT molecular complexity index is 327. The van der Waals surface area contributed by atoms with Crippen molar-refractivity contribution in [3.8, 4) is 0 Å². The van der Waals surface area contributed by atoms with Crippen LogP contribution in [0.5, 0.6) is 0 Å². The SMILES string of the molecule is O=C(C(=O)N1CCCC(CO)C1)N1CCCNCC1. The maximum absolute atomic E-state index is 12.2. The summed E-state index contributed by atoms with van der Waals surface area (Å²) in [6.45, 7) is 4.12. The molecular formula is C13H23N3O3. The van der Waals surface area contributed by atoms with E-state index in [1.54, 1.807) is 9.80 Å². The van der Waals surface area contributed by atoms with Crippen LogP contribution in [0.1, 0.15) is 19.3 Å². The first-order valence-corrected chi connectivity index (χ1v) is 7.12. The van der Waals surface area contributed by atoms with E-state index in [-0.39, 0.29) is 18.4 Å². The summed E-state index contributed by atoms with van der Waals surface area (Å²) in [5.41, 5.74) is 0. The van der Waals surface area contributed by atoms with E-state index in [4.69, 9.17) is 0 Å². The number of piperidine rings is 1. The molecular weight excluding hydrogens is 246 g/mol. The van der Waals surface area contributed by atoms with Crippen LogP contribution in [-0.2, 0) is 9.59 Å². The second kappa shape index (κ2) is 6.86. The maximum Gasteiger partial charge on any atom is 0.312 e. The zero-order valence-electron chi connectivity index (χ0n) is 11.3. The molecule has 2 aliphatic heterocycles. The molecule has 2 N–H and O–H groups in total. The minimum absolute atomic E-state index is 0.0889. The van der Waals surface area contributed by atoms with Gasteiger partial charge in [0.25, 0.3) is 0 Å². The van der Waals surface area contributed by atoms with Crippen LogP contribution < -0.4 is 5.32 Å². The van der Waals surface area contributed by atoms with Gasteiger partial charge in [-0.3, -0.25) is 9.59 Å². The molecule has 1 atom stereocenters. The maximum atomic E-state index is 12.2. The summed E-state index contributed by atoms with van der Waals surface area (Å²) < 4.78 is 0. The summed E-state index contributed by atoms with van der Waals surface area (Å²) in [7, 11) is 0. The van der Waals surface area contributed by atoms with Crippen molar-refractivity contribution in [2.75, 3.05) is 45.9 Å². The van der Waals surface area contributed by atoms with Gasteiger partial charge in [0.2, 0.25) is 0 Å². The Labute approximate surface area is 113 Å². The van der Waals surface area contributed by atoms with Gasteiger partial charge in [0, 0.05) is 39.3 Å². The highest BCUT2D eigenvalue weighted by Crippen LogP contribution is 2.16. The predicted molar refractivity (Wildman–Crippen MR) is 70.5 cm³/mol. The Morgan fingerprint density at radius 2 is 1.79 bits per heavy atom. The van der Waals surface area contributed by atoms with Gasteiger partial charge in [-0.1, -0.05) is 0 Å². The number of aliphatic hydroxyl groups excluding tert-OH is 1. The number of hydrogen-bond donors (Lipinski definition) is 2. The highest BCUT2D eigenvalue weighted by molar-refractivity contribution is 6.34. The summed E-state index contributed by atoms with van der Waals surface area (Å²) in [6.07, 6.45) is 2.69. The van der Waals surface area contributed by atoms with E-state index < -0.39 is 5.91 Å². The van der Waals surface area contributed by atoms with E-state index >= 15 is 0 Å². The van der Waals surface area contributed by atoms with E-state index in [0.717, 1.165) is 32.4 Å². The molecule has 0 saturated carbocycles. The number of amides is 2. The lowest BCUT2D eigenvalue weighted by molar-refractivity contribution is -0.153. The van der Waals surface area contributed by atoms with Crippen molar-refractivity contribution >= 4 is 11.8 Å². The molecule has 0 aromatic rings. The lowest BCUT2D eigenvalue weighted by Gasteiger charge is -2.32. The molecule has 2 heterocycles. The summed E-state index contributed by atoms with van der Waals surface area (Å²) in [4.78, 5) is 27.6. The van der Waals surface area contributed by atoms with Crippen molar-refractivity contribution in [3.05, 3.63) is 0 Å². The second-order valence-corrected chi connectivity index (χ2v) is 5.34. The average Bonchev–Trinajstić information content (AvgIpc) is 2.75. The third kappa shape index (κ3) is 3.67. The van der Waals surface area contributed by atoms with Crippen LogP contribution >= 0.6 is 0 Å². The Hall–Kier alpha value is -1.14. The fraction of sp³-hybridized carbons (Fsp3) is 0.846. The number of nitrogens with one attached hydrogen (secondary N) is 1. The molecule has 2 rings (SSSR count). The molecule has 0 bridgehead atoms. The smallest absolute Gasteiger partial charge is 0.312 e. The first kappa shape index (κ1) is 14.3. The van der Waals surface area contributed by atoms with Gasteiger partial charge in [-0.05, 0) is 31.7 Å². The van der Waals surface area contributed by atoms with E-state index in [0.29, 0.717) is 26.2 Å². The third-order valence-electron chi connectivity index (χ3n) is 3.87. The van der Waals surface area contributed by atoms with Crippen LogP contribution in [0.4, 0.5) is 0 Å². The van der Waals surface area contributed by atoms with E-state index in [2.05, 4.69) is 5.32 Å². The predicted octanol–water partition coefficient (Wildman–Crippen LogP) is -0.961. The molecule has 0 radical (unpaired) electrons. The highest BCUT2D eigenvalue weighted by Gasteiger charge is 2.30. The average molecular weight is 269 g/mol. The van der Waals surface area contributed by atoms with Crippen LogP contribution in [0.3, 0.4) is 0 Å². The number of likely N-dealkylation sites (tertiary alicyclic amines) is 1. The van der Waals surface area contributed by atoms with Crippen molar-refractivity contribution in [2.24, 2.45) is 5.92 Å². The molecule has 2 amide bonds. The molecule has 2 fully saturated rings. The zero-order valence-corrected chi connectivity index (χ0v) is 11.3. The van der Waals surface area contributed by atoms with Gasteiger partial charge in [0.1, 0.15) is 0 Å². The second-order valence-electron chi connectivity index (χ2n) is 5.34. The Kier molecular flexibility index (Phi) is 5.15. The number of carbonyl (C=O) groups excluding carboxylic acids is 2. The van der Waals surface area contributed by atoms with Gasteiger partial charge >= 0.3 is 11.8 Å². The minimum Gasteiger partial charge on any atom is -0.396 e. The molecule has 2 aliphatic rings. The van der Waals surface area contributed by atoms with Gasteiger partial charge in [-0.25, -0.2) is 0 Å². The number of nitrogens with zero attached hydrogens (tertiary/aromatic N) is 2. The summed E-state index contributed by atoms with van der Waals surface area (Å²) >= 11 is 0. The van der Waals surface area contributed by atoms with Crippen molar-refractivity contribution in [2.45, 2.75) is 19.3 Å². The number of aliphatic hydroxyl groups is 1. The van der Waals surface area contributed by atoms with Crippen LogP contribution in [0.2, 0.25) is 0 Å². The van der Waals surface area contributed by atoms with Gasteiger partial charge in [-0.2, -0.15) is 0 Å². The Morgan fingerprint density at radius 3 is 2.58 bits per heavy atom. The number of carbonyl (C=O) groups is 2. The van der Waals surface area contributed by atoms with E-state index in [1.165, 1.54) is 0 Å². The largest absolute Gasteiger partial charge is 0.396 e. The molecule has 0 spiro atoms. The molecule has 0 aliphatic carbocycles. The van der Waals surface area contributed by atoms with Crippen LogP contribution in [0.25, 0.3) is 0 Å². The van der Waals surface area contributed by atoms with Gasteiger partial charge < -0.3 is 20.2 Å². The molecule has 19 heavy (non-hydrogen) atoms. The molecule has 0 aromatic heterocycles. The summed E-state index contributed by atoms with van der Waals surface area (Å²) in [5, 5.41) is 12.4. The fourth-order valence-electron chi connectivity index (χ4n) is 2.72. The lowest BCUT2D eigenvalue weighted by atomic mass is 9.99. The number of hydrogen-bond acceptors (Lipinski definition) is 4. The summed E-state index contributed by atoms with van der Waals surface area (Å²) in [5.74, 6) is -0.668. The first-order chi connectivity index (χ1) is 9.22. The van der Waals surface area contributed by atoms with Gasteiger partial charge in [0.15, 0.2) is 0 Å². The Morgan fingerprint density at radius 1 is 1.05 bits per heavy atom. The van der Waals surface area contributed by atoms with E-state index in [1.807, 2.05) is 0 Å². The van der Waals surface area contributed by atoms with Crippen molar-refractivity contribution in [1.82, 2.24) is 15.1 Å². The first-order valence-electron chi connectivity index (χ1n) is 7.12. The quantitative estimate of drug-likeness (QED) is 0.601. The van der Waals surface area contributed by atoms with Crippen molar-refractivity contribution in [1.29, 1.82) is 0 Å². The normalized spacial score (nSPS) is 25.0. The standard InChI is InChI=1S/C13H23N3O3/c17-10-11-3-1-6-16(9-11)13(19)12(18)15-7-2-4-14-5-8-15/h11,14,17H,1-10H2. The lowest BCUT2D eigenvalue weighted by Crippen LogP contribution is -2.49. The monoisotopic (exact) mass is 269 g/mol. The minimum atomic E-state index is -0.403. The molecule has 6 heteroatoms. The zero-order chi connectivity index (χ0) is 13.7. The Balaban J connectivity index is 1.92. The van der Waals surface area contributed by atoms with E-state index in [9.17, 15) is 14.7 Å². The molecule has 0 aromatic carbocycles. The van der Waals surface area contributed by atoms with Gasteiger partial charge in [0.05, 0.1) is 0 Å². The highest BCUT2D eigenvalue weighted by atomic mass is 16.3. The number of rotatable bonds is 1. The molecule has 108 valence electrons. The fourth-order valence-corrected chi connectivity index (χ4v) is 2.72. The van der Waals surface area contributed by atoms with Gasteiger partial charge in [-0.15, -0.1) is 0 Å². The molecule has 2 saturated heterocycles.